The summed E-state index contributed by atoms with van der Waals surface area (Å²) in [5, 5.41) is 6.98. The molecule has 1 aromatic carbocycles. The van der Waals surface area contributed by atoms with Crippen molar-refractivity contribution in [2.75, 3.05) is 40.5 Å². The molecule has 5 nitrogen and oxygen atoms in total. The molecule has 0 saturated heterocycles. The lowest BCUT2D eigenvalue weighted by Crippen LogP contribution is -2.45. The van der Waals surface area contributed by atoms with Gasteiger partial charge in [0.05, 0.1) is 7.11 Å². The van der Waals surface area contributed by atoms with Crippen molar-refractivity contribution < 1.29 is 9.47 Å². The van der Waals surface area contributed by atoms with E-state index in [-0.39, 0.29) is 5.41 Å². The second kappa shape index (κ2) is 11.1. The fourth-order valence-corrected chi connectivity index (χ4v) is 3.73. The van der Waals surface area contributed by atoms with E-state index in [4.69, 9.17) is 9.47 Å². The lowest BCUT2D eigenvalue weighted by Gasteiger charge is -2.31. The normalized spacial score (nSPS) is 16.5. The van der Waals surface area contributed by atoms with Gasteiger partial charge in [0.1, 0.15) is 5.75 Å². The van der Waals surface area contributed by atoms with Gasteiger partial charge in [-0.05, 0) is 50.3 Å². The molecule has 1 aliphatic rings. The maximum Gasteiger partial charge on any atom is 0.191 e. The average Bonchev–Trinajstić information content (AvgIpc) is 3.17. The first-order chi connectivity index (χ1) is 12.7. The van der Waals surface area contributed by atoms with E-state index in [0.29, 0.717) is 0 Å². The Kier molecular flexibility index (Phi) is 8.75. The zero-order chi connectivity index (χ0) is 18.7. The summed E-state index contributed by atoms with van der Waals surface area (Å²) >= 11 is 0. The average molecular weight is 362 g/mol. The summed E-state index contributed by atoms with van der Waals surface area (Å²) in [5.74, 6) is 1.82. The molecule has 0 aliphatic heterocycles. The van der Waals surface area contributed by atoms with Crippen molar-refractivity contribution in [3.8, 4) is 5.75 Å². The number of rotatable bonds is 10. The fraction of sp³-hybridized carbons (Fsp3) is 0.667. The van der Waals surface area contributed by atoms with Gasteiger partial charge < -0.3 is 20.1 Å². The van der Waals surface area contributed by atoms with Crippen molar-refractivity contribution in [1.82, 2.24) is 10.6 Å². The molecule has 1 aliphatic carbocycles. The molecule has 5 heteroatoms. The van der Waals surface area contributed by atoms with E-state index in [2.05, 4.69) is 33.8 Å². The van der Waals surface area contributed by atoms with Crippen LogP contribution in [0.5, 0.6) is 5.75 Å². The van der Waals surface area contributed by atoms with Gasteiger partial charge in [-0.25, -0.2) is 0 Å². The Morgan fingerprint density at radius 1 is 1.19 bits per heavy atom. The summed E-state index contributed by atoms with van der Waals surface area (Å²) in [6, 6.07) is 8.54. The zero-order valence-electron chi connectivity index (χ0n) is 16.6. The van der Waals surface area contributed by atoms with Gasteiger partial charge in [-0.2, -0.15) is 0 Å². The molecule has 0 atom stereocenters. The van der Waals surface area contributed by atoms with E-state index < -0.39 is 0 Å². The molecule has 0 unspecified atom stereocenters. The minimum absolute atomic E-state index is 0.168. The minimum Gasteiger partial charge on any atom is -0.497 e. The summed E-state index contributed by atoms with van der Waals surface area (Å²) in [4.78, 5) is 4.38. The van der Waals surface area contributed by atoms with Crippen LogP contribution in [0.1, 0.15) is 51.0 Å². The number of guanidine groups is 1. The van der Waals surface area contributed by atoms with Crippen molar-refractivity contribution in [3.05, 3.63) is 29.8 Å². The molecule has 0 heterocycles. The summed E-state index contributed by atoms with van der Waals surface area (Å²) < 4.78 is 10.8. The zero-order valence-corrected chi connectivity index (χ0v) is 16.6. The molecule has 1 saturated carbocycles. The van der Waals surface area contributed by atoms with Crippen molar-refractivity contribution in [3.63, 3.8) is 0 Å². The number of methoxy groups -OCH3 is 1. The highest BCUT2D eigenvalue weighted by Gasteiger charge is 2.35. The summed E-state index contributed by atoms with van der Waals surface area (Å²) in [7, 11) is 3.57. The largest absolute Gasteiger partial charge is 0.497 e. The van der Waals surface area contributed by atoms with Crippen LogP contribution in [0.25, 0.3) is 0 Å². The Morgan fingerprint density at radius 2 is 2.00 bits per heavy atom. The number of nitrogens with one attached hydrogen (secondary N) is 2. The number of ether oxygens (including phenoxy) is 2. The van der Waals surface area contributed by atoms with Gasteiger partial charge in [0.15, 0.2) is 5.96 Å². The number of aliphatic imine (C=N–C) groups is 1. The van der Waals surface area contributed by atoms with Gasteiger partial charge in [-0.1, -0.05) is 25.0 Å². The van der Waals surface area contributed by atoms with E-state index in [1.807, 2.05) is 20.0 Å². The molecular weight excluding hydrogens is 326 g/mol. The van der Waals surface area contributed by atoms with Gasteiger partial charge in [0.2, 0.25) is 0 Å². The van der Waals surface area contributed by atoms with Crippen LogP contribution in [-0.2, 0) is 10.2 Å². The molecule has 0 aromatic heterocycles. The van der Waals surface area contributed by atoms with Crippen LogP contribution in [0, 0.1) is 0 Å². The van der Waals surface area contributed by atoms with Crippen molar-refractivity contribution >= 4 is 5.96 Å². The lowest BCUT2D eigenvalue weighted by molar-refractivity contribution is 0.143. The molecule has 146 valence electrons. The lowest BCUT2D eigenvalue weighted by atomic mass is 9.78. The maximum absolute atomic E-state index is 5.43. The standard InChI is InChI=1S/C21H35N3O2/c1-4-26-15-8-7-14-23-20(22-2)24-17-21(12-5-6-13-21)18-10-9-11-19(16-18)25-3/h9-11,16H,4-8,12-15,17H2,1-3H3,(H2,22,23,24). The molecule has 1 fully saturated rings. The highest BCUT2D eigenvalue weighted by atomic mass is 16.5. The Bertz CT molecular complexity index is 554. The van der Waals surface area contributed by atoms with Crippen LogP contribution in [-0.4, -0.2) is 46.4 Å². The third kappa shape index (κ3) is 5.90. The van der Waals surface area contributed by atoms with Crippen molar-refractivity contribution in [1.29, 1.82) is 0 Å². The van der Waals surface area contributed by atoms with Gasteiger partial charge in [0, 0.05) is 38.8 Å². The maximum atomic E-state index is 5.43. The Balaban J connectivity index is 1.88. The number of unbranched alkanes of at least 4 members (excludes halogenated alkanes) is 1. The topological polar surface area (TPSA) is 54.9 Å². The quantitative estimate of drug-likeness (QED) is 0.380. The Hall–Kier alpha value is -1.75. The first kappa shape index (κ1) is 20.6. The molecule has 0 amide bonds. The Morgan fingerprint density at radius 3 is 2.69 bits per heavy atom. The van der Waals surface area contributed by atoms with E-state index in [9.17, 15) is 0 Å². The van der Waals surface area contributed by atoms with Crippen molar-refractivity contribution in [2.45, 2.75) is 50.9 Å². The van der Waals surface area contributed by atoms with E-state index in [1.54, 1.807) is 7.11 Å². The van der Waals surface area contributed by atoms with Gasteiger partial charge in [0.25, 0.3) is 0 Å². The van der Waals surface area contributed by atoms with Crippen LogP contribution in [0.4, 0.5) is 0 Å². The molecule has 2 rings (SSSR count). The van der Waals surface area contributed by atoms with Crippen LogP contribution < -0.4 is 15.4 Å². The van der Waals surface area contributed by atoms with Crippen LogP contribution >= 0.6 is 0 Å². The number of hydrogen-bond acceptors (Lipinski definition) is 3. The summed E-state index contributed by atoms with van der Waals surface area (Å²) in [6.45, 7) is 5.48. The summed E-state index contributed by atoms with van der Waals surface area (Å²) in [5.41, 5.74) is 1.54. The SMILES string of the molecule is CCOCCCCNC(=NC)NCC1(c2cccc(OC)c2)CCCC1. The smallest absolute Gasteiger partial charge is 0.191 e. The first-order valence-corrected chi connectivity index (χ1v) is 9.91. The van der Waals surface area contributed by atoms with Crippen LogP contribution in [0.15, 0.2) is 29.3 Å². The monoisotopic (exact) mass is 361 g/mol. The van der Waals surface area contributed by atoms with Crippen LogP contribution in [0.3, 0.4) is 0 Å². The fourth-order valence-electron chi connectivity index (χ4n) is 3.73. The summed E-state index contributed by atoms with van der Waals surface area (Å²) in [6.07, 6.45) is 7.13. The molecular formula is C21H35N3O2. The highest BCUT2D eigenvalue weighted by Crippen LogP contribution is 2.41. The van der Waals surface area contributed by atoms with E-state index >= 15 is 0 Å². The van der Waals surface area contributed by atoms with E-state index in [1.165, 1.54) is 31.2 Å². The molecule has 0 radical (unpaired) electrons. The third-order valence-electron chi connectivity index (χ3n) is 5.27. The molecule has 26 heavy (non-hydrogen) atoms. The van der Waals surface area contributed by atoms with Gasteiger partial charge >= 0.3 is 0 Å². The highest BCUT2D eigenvalue weighted by molar-refractivity contribution is 5.79. The third-order valence-corrected chi connectivity index (χ3v) is 5.27. The predicted octanol–water partition coefficient (Wildman–Crippen LogP) is 3.49. The van der Waals surface area contributed by atoms with Crippen LogP contribution in [0.2, 0.25) is 0 Å². The second-order valence-corrected chi connectivity index (χ2v) is 6.98. The Labute approximate surface area is 158 Å². The molecule has 0 spiro atoms. The number of benzene rings is 1. The molecule has 1 aromatic rings. The van der Waals surface area contributed by atoms with E-state index in [0.717, 1.165) is 50.9 Å². The minimum atomic E-state index is 0.168. The predicted molar refractivity (Wildman–Crippen MR) is 108 cm³/mol. The number of hydrogen-bond donors (Lipinski definition) is 2. The van der Waals surface area contributed by atoms with Gasteiger partial charge in [-0.3, -0.25) is 4.99 Å². The second-order valence-electron chi connectivity index (χ2n) is 6.98. The van der Waals surface area contributed by atoms with Gasteiger partial charge in [-0.15, -0.1) is 0 Å². The molecule has 0 bridgehead atoms. The first-order valence-electron chi connectivity index (χ1n) is 9.91. The number of nitrogens with zero attached hydrogens (tertiary/aromatic N) is 1. The molecule has 2 N–H and O–H groups in total. The van der Waals surface area contributed by atoms with Crippen molar-refractivity contribution in [2.24, 2.45) is 4.99 Å².